The van der Waals surface area contributed by atoms with E-state index in [0.29, 0.717) is 95.1 Å². The van der Waals surface area contributed by atoms with E-state index in [1.807, 2.05) is 231 Å². The van der Waals surface area contributed by atoms with Crippen molar-refractivity contribution >= 4 is 203 Å². The molecule has 28 aromatic rings. The van der Waals surface area contributed by atoms with E-state index in [1.54, 1.807) is 43.0 Å². The number of aromatic nitrogens is 5. The molecule has 695 valence electrons. The quantitative estimate of drug-likeness (QED) is 0.0395. The molecule has 0 amide bonds. The van der Waals surface area contributed by atoms with Gasteiger partial charge in [-0.05, 0) is 139 Å². The van der Waals surface area contributed by atoms with Gasteiger partial charge in [0, 0.05) is 104 Å². The lowest BCUT2D eigenvalue weighted by molar-refractivity contribution is 0.450. The van der Waals surface area contributed by atoms with Gasteiger partial charge in [0.1, 0.15) is 74.8 Å². The van der Waals surface area contributed by atoms with Crippen LogP contribution in [0.1, 0.15) is 0 Å². The summed E-state index contributed by atoms with van der Waals surface area (Å²) in [5.41, 5.74) is 26.9. The van der Waals surface area contributed by atoms with Crippen LogP contribution < -0.4 is 23.3 Å². The van der Waals surface area contributed by atoms with Crippen LogP contribution in [0, 0.1) is 0 Å². The molecule has 0 aliphatic carbocycles. The Kier molecular flexibility index (Phi) is 24.7. The first kappa shape index (κ1) is 90.8. The van der Waals surface area contributed by atoms with Gasteiger partial charge in [0.15, 0.2) is 27.9 Å². The molecule has 0 saturated heterocycles. The van der Waals surface area contributed by atoms with Crippen molar-refractivity contribution in [1.29, 1.82) is 0 Å². The second kappa shape index (κ2) is 40.0. The number of fused-ring (bicyclic) bond motifs is 23. The normalized spacial score (nSPS) is 11.3. The zero-order valence-corrected chi connectivity index (χ0v) is 78.0. The van der Waals surface area contributed by atoms with Gasteiger partial charge in [-0.3, -0.25) is 0 Å². The van der Waals surface area contributed by atoms with Crippen molar-refractivity contribution in [3.8, 4) is 112 Å². The highest BCUT2D eigenvalue weighted by molar-refractivity contribution is 6.25. The van der Waals surface area contributed by atoms with E-state index in [-0.39, 0.29) is 0 Å². The highest BCUT2D eigenvalue weighted by Crippen LogP contribution is 2.50. The third-order valence-electron chi connectivity index (χ3n) is 26.5. The van der Waals surface area contributed by atoms with E-state index in [1.165, 1.54) is 0 Å². The molecule has 8 heterocycles. The Balaban J connectivity index is 0.0000000994. The van der Waals surface area contributed by atoms with Crippen LogP contribution in [0.3, 0.4) is 0 Å². The Morgan fingerprint density at radius 2 is 0.619 bits per heavy atom. The number of benzene rings is 20. The van der Waals surface area contributed by atoms with Crippen LogP contribution in [0.15, 0.2) is 460 Å². The lowest BCUT2D eigenvalue weighted by Gasteiger charge is -2.16. The third-order valence-corrected chi connectivity index (χ3v) is 26.5. The molecule has 8 aromatic heterocycles. The summed E-state index contributed by atoms with van der Waals surface area (Å²) in [5.74, 6) is 2.39. The highest BCUT2D eigenvalue weighted by atomic mass is 16.5. The summed E-state index contributed by atoms with van der Waals surface area (Å²) in [6, 6.07) is 140. The number of hydrogen-bond donors (Lipinski definition) is 5. The molecule has 0 atom stereocenters. The summed E-state index contributed by atoms with van der Waals surface area (Å²) in [6.45, 7) is 0. The van der Waals surface area contributed by atoms with Crippen molar-refractivity contribution in [2.24, 2.45) is 0 Å². The van der Waals surface area contributed by atoms with E-state index < -0.39 is 0 Å². The van der Waals surface area contributed by atoms with Crippen molar-refractivity contribution in [1.82, 2.24) is 24.5 Å². The molecule has 20 aromatic carbocycles. The Hall–Kier alpha value is -18.7. The SMILES string of the molecule is O[B]Oc1cccc2c1oc1c(-c3ccc4ccc5cncnc5c4c3-c3ccccc3)cccc12.O[B]Oc1cccc2c1oc1c(-c3ccccc3-c3ccccc3)cccc12.O[B]Oc1cccc2c1oc1c3ccccc3c(-c3ccccc3)cc21.O[B]Oc1cccc2c1oc1ccc(-c3ccccc3)cc12.O[B]Oc1cccc2c1oc1ccc(-n3c4ccccc4c4ncnc(-c5ccccc5)c43)cc12. The molecule has 0 bridgehead atoms. The molecule has 5 radical (unpaired) electrons. The lowest BCUT2D eigenvalue weighted by atomic mass is 9.88. The summed E-state index contributed by atoms with van der Waals surface area (Å²) in [5, 5.41) is 61.5. The van der Waals surface area contributed by atoms with Crippen LogP contribution in [0.25, 0.3) is 248 Å². The third kappa shape index (κ3) is 16.8. The minimum Gasteiger partial charge on any atom is -0.535 e. The predicted octanol–water partition coefficient (Wildman–Crippen LogP) is 28.3. The second-order valence-corrected chi connectivity index (χ2v) is 34.7. The fourth-order valence-corrected chi connectivity index (χ4v) is 20.1. The zero-order valence-electron chi connectivity index (χ0n) is 78.0. The highest BCUT2D eigenvalue weighted by Gasteiger charge is 2.27. The number of nitrogens with zero attached hydrogens (tertiary/aromatic N) is 5. The van der Waals surface area contributed by atoms with Crippen molar-refractivity contribution in [3.05, 3.63) is 437 Å². The van der Waals surface area contributed by atoms with Gasteiger partial charge in [0.2, 0.25) is 0 Å². The largest absolute Gasteiger partial charge is 0.569 e. The number of furan rings is 5. The Morgan fingerprint density at radius 1 is 0.231 bits per heavy atom. The molecule has 0 fully saturated rings. The lowest BCUT2D eigenvalue weighted by Crippen LogP contribution is -1.99. The second-order valence-electron chi connectivity index (χ2n) is 34.7. The minimum atomic E-state index is 0.458. The van der Waals surface area contributed by atoms with Gasteiger partial charge in [-0.15, -0.1) is 0 Å². The van der Waals surface area contributed by atoms with Gasteiger partial charge in [-0.2, -0.15) is 0 Å². The van der Waals surface area contributed by atoms with Crippen molar-refractivity contribution < 1.29 is 70.5 Å². The van der Waals surface area contributed by atoms with Gasteiger partial charge in [-0.25, -0.2) is 19.9 Å². The molecule has 0 aliphatic rings. The smallest absolute Gasteiger partial charge is 0.535 e. The first-order chi connectivity index (χ1) is 72.8. The first-order valence-electron chi connectivity index (χ1n) is 47.3. The van der Waals surface area contributed by atoms with E-state index in [2.05, 4.69) is 183 Å². The van der Waals surface area contributed by atoms with Crippen LogP contribution in [-0.4, -0.2) is 88.0 Å². The predicted molar refractivity (Wildman–Crippen MR) is 588 cm³/mol. The van der Waals surface area contributed by atoms with Gasteiger partial charge in [0.05, 0.1) is 22.2 Å². The fourth-order valence-electron chi connectivity index (χ4n) is 20.1. The Labute approximate surface area is 841 Å². The minimum absolute atomic E-state index is 0.458. The van der Waals surface area contributed by atoms with Crippen molar-refractivity contribution in [2.75, 3.05) is 0 Å². The summed E-state index contributed by atoms with van der Waals surface area (Å²) < 4.78 is 59.1. The fraction of sp³-hybridized carbons (Fsp3) is 0. The molecular formula is C122H77B5N5O15. The Morgan fingerprint density at radius 3 is 1.17 bits per heavy atom. The van der Waals surface area contributed by atoms with Crippen LogP contribution in [-0.2, 0) is 0 Å². The monoisotopic (exact) mass is 1910 g/mol. The van der Waals surface area contributed by atoms with Crippen molar-refractivity contribution in [3.63, 3.8) is 0 Å². The maximum absolute atomic E-state index is 9.24. The van der Waals surface area contributed by atoms with E-state index >= 15 is 0 Å². The molecular weight excluding hydrogens is 1830 g/mol. The zero-order chi connectivity index (χ0) is 98.8. The van der Waals surface area contributed by atoms with Crippen LogP contribution >= 0.6 is 0 Å². The van der Waals surface area contributed by atoms with Gasteiger partial charge in [-0.1, -0.05) is 346 Å². The Bertz CT molecular complexity index is 9820. The van der Waals surface area contributed by atoms with Gasteiger partial charge in [0.25, 0.3) is 0 Å². The average Bonchev–Trinajstić information content (AvgIpc) is 1.70. The average molecular weight is 1910 g/mol. The maximum atomic E-state index is 9.24. The van der Waals surface area contributed by atoms with Gasteiger partial charge >= 0.3 is 38.4 Å². The van der Waals surface area contributed by atoms with Crippen LogP contribution in [0.2, 0.25) is 0 Å². The molecule has 5 N–H and O–H groups in total. The van der Waals surface area contributed by atoms with Gasteiger partial charge < -0.3 is 75.0 Å². The topological polar surface area (TPSA) is 269 Å². The number of para-hydroxylation sites is 8. The van der Waals surface area contributed by atoms with Crippen LogP contribution in [0.5, 0.6) is 28.7 Å². The number of hydrogen-bond acceptors (Lipinski definition) is 19. The molecule has 0 spiro atoms. The molecule has 28 rings (SSSR count). The van der Waals surface area contributed by atoms with E-state index in [4.69, 9.17) is 70.4 Å². The number of rotatable bonds is 18. The molecule has 25 heteroatoms. The molecule has 0 saturated carbocycles. The summed E-state index contributed by atoms with van der Waals surface area (Å²) in [4.78, 5) is 18.3. The molecule has 0 unspecified atom stereocenters. The molecule has 147 heavy (non-hydrogen) atoms. The van der Waals surface area contributed by atoms with Crippen LogP contribution in [0.4, 0.5) is 0 Å². The van der Waals surface area contributed by atoms with Crippen molar-refractivity contribution in [2.45, 2.75) is 0 Å². The maximum Gasteiger partial charge on any atom is 0.569 e. The molecule has 0 aliphatic heterocycles. The molecule has 20 nitrogen and oxygen atoms in total. The first-order valence-corrected chi connectivity index (χ1v) is 47.3. The van der Waals surface area contributed by atoms with E-state index in [9.17, 15) is 5.02 Å². The van der Waals surface area contributed by atoms with E-state index in [0.717, 1.165) is 220 Å². The summed E-state index contributed by atoms with van der Waals surface area (Å²) in [7, 11) is 3.35. The summed E-state index contributed by atoms with van der Waals surface area (Å²) in [6.07, 6.45) is 5.08. The standard InChI is InChI=1S/C30H18BN2O3.C28H17BN3O3.C24H16BO3.C22H14BO3.C18H12BO3/c34-31-36-25-11-5-10-24-23-9-4-8-22(29(23)35-30(24)25)21-15-14-19-12-13-20-16-32-17-33-28(20)27(19)26(21)18-6-2-1-3-7-18;33-29-35-24-12-6-10-19-21-15-18(13-14-23(21)34-28(19)24)32-22-11-5-4-9-20(22)26-27(32)25(30-16-31-26)17-7-2-1-3-8-17;26-25-28-22-15-7-14-21-20-13-6-12-19(23(20)27-24(21)22)18-11-5-4-10-17(18)16-8-2-1-3-9-16;24-23-26-20-12-6-11-17-19-13-18(14-7-2-1-3-8-14)15-9-4-5-10-16(15)21(19)25-22(17)20;20-19-22-17-8-4-7-14-15-11-13(12-5-2-1-3-6-12)9-10-16(15)21-18(14)17/h1-17,34H;1-16,33H;1-15,26H;1-13,24H;1-11,20H. The summed E-state index contributed by atoms with van der Waals surface area (Å²) >= 11 is 0.